The van der Waals surface area contributed by atoms with Crippen molar-refractivity contribution in [1.29, 1.82) is 0 Å². The van der Waals surface area contributed by atoms with Gasteiger partial charge in [0.25, 0.3) is 0 Å². The molecule has 0 unspecified atom stereocenters. The zero-order valence-corrected chi connectivity index (χ0v) is 64.2. The average molecular weight is 1470 g/mol. The summed E-state index contributed by atoms with van der Waals surface area (Å²) in [6.07, 6.45) is 17.6. The van der Waals surface area contributed by atoms with E-state index in [0.29, 0.717) is 0 Å². The zero-order chi connectivity index (χ0) is 77.4. The van der Waals surface area contributed by atoms with E-state index in [2.05, 4.69) is 485 Å². The molecule has 0 bridgehead atoms. The van der Waals surface area contributed by atoms with Crippen LogP contribution >= 0.6 is 0 Å². The second kappa shape index (κ2) is 32.7. The van der Waals surface area contributed by atoms with Crippen LogP contribution in [0.1, 0.15) is 44.5 Å². The Morgan fingerprint density at radius 3 is 0.810 bits per heavy atom. The van der Waals surface area contributed by atoms with Crippen molar-refractivity contribution in [2.45, 2.75) is 0 Å². The smallest absolute Gasteiger partial charge is 0.00139 e. The second-order valence-electron chi connectivity index (χ2n) is 29.7. The Balaban J connectivity index is 0.000000155. The van der Waals surface area contributed by atoms with Gasteiger partial charge in [0, 0.05) is 0 Å². The predicted octanol–water partition coefficient (Wildman–Crippen LogP) is 32.3. The molecule has 20 rings (SSSR count). The summed E-state index contributed by atoms with van der Waals surface area (Å²) in [5, 5.41) is 15.0. The largest absolute Gasteiger partial charge is 0.0622 e. The molecule has 0 atom stereocenters. The molecular formula is C116H80. The van der Waals surface area contributed by atoms with Crippen molar-refractivity contribution in [3.8, 4) is 89.0 Å². The molecule has 0 aliphatic heterocycles. The van der Waals surface area contributed by atoms with Crippen molar-refractivity contribution in [3.05, 3.63) is 481 Å². The molecule has 0 radical (unpaired) electrons. The number of fused-ring (bicyclic) bond motifs is 6. The molecule has 0 aliphatic rings. The minimum atomic E-state index is 1.18. The molecule has 0 amide bonds. The highest BCUT2D eigenvalue weighted by molar-refractivity contribution is 6.29. The van der Waals surface area contributed by atoms with Crippen LogP contribution in [0.5, 0.6) is 0 Å². The average Bonchev–Trinajstić information content (AvgIpc) is 0.722. The Kier molecular flexibility index (Phi) is 20.1. The van der Waals surface area contributed by atoms with Crippen LogP contribution in [0.2, 0.25) is 0 Å². The lowest BCUT2D eigenvalue weighted by Gasteiger charge is -2.22. The minimum Gasteiger partial charge on any atom is -0.0622 e. The number of hydrogen-bond donors (Lipinski definition) is 0. The van der Waals surface area contributed by atoms with Gasteiger partial charge < -0.3 is 0 Å². The van der Waals surface area contributed by atoms with Gasteiger partial charge in [-0.05, 0) is 210 Å². The molecule has 0 heterocycles. The molecule has 0 N–H and O–H groups in total. The summed E-state index contributed by atoms with van der Waals surface area (Å²) in [6.45, 7) is 0. The summed E-state index contributed by atoms with van der Waals surface area (Å²) in [6, 6.07) is 158. The summed E-state index contributed by atoms with van der Waals surface area (Å²) >= 11 is 0. The molecule has 0 aromatic heterocycles. The summed E-state index contributed by atoms with van der Waals surface area (Å²) in [5.74, 6) is 0. The van der Waals surface area contributed by atoms with E-state index in [1.807, 2.05) is 0 Å². The molecule has 544 valence electrons. The first-order chi connectivity index (χ1) is 57.6. The molecule has 0 nitrogen and oxygen atoms in total. The summed E-state index contributed by atoms with van der Waals surface area (Å²) in [5.41, 5.74) is 29.1. The molecule has 0 saturated heterocycles. The van der Waals surface area contributed by atoms with Crippen LogP contribution in [-0.2, 0) is 0 Å². The minimum absolute atomic E-state index is 1.18. The van der Waals surface area contributed by atoms with Gasteiger partial charge in [-0.25, -0.2) is 0 Å². The summed E-state index contributed by atoms with van der Waals surface area (Å²) < 4.78 is 0. The molecule has 116 heavy (non-hydrogen) atoms. The standard InChI is InChI=1S/C60H42.C56H38/c1-4-15-43(16-5-1)29-31-45-19-12-23-52(41-45)47-33-37-50(38-34-47)58-55-25-10-11-26-56(55)59(60-54(27-14-28-57(58)60)49-21-8-3-9-22-49)51-39-35-48(36-40-51)53-24-13-20-46(42-53)32-30-44-17-6-2-7-18-44;1-4-17-39(18-5-1)31-33-42-35-37-51(47-25-12-10-23-44(42)47)54-49-27-14-15-28-50(49)56(55-46(29-16-30-53(54)55)41-21-8-3-9-22-41)52-38-36-43(45-24-11-13-26-48(45)52)34-32-40-19-6-2-7-20-40/h1-42H;1-38H/b31-29+,32-30+;33-31+,34-32+. The highest BCUT2D eigenvalue weighted by Gasteiger charge is 2.24. The number of benzene rings is 20. The van der Waals surface area contributed by atoms with Gasteiger partial charge in [0.1, 0.15) is 0 Å². The molecule has 0 heteroatoms. The lowest BCUT2D eigenvalue weighted by Crippen LogP contribution is -1.95. The lowest BCUT2D eigenvalue weighted by atomic mass is 9.80. The fourth-order valence-electron chi connectivity index (χ4n) is 17.0. The van der Waals surface area contributed by atoms with Crippen LogP contribution in [0.25, 0.3) is 202 Å². The van der Waals surface area contributed by atoms with E-state index in [1.54, 1.807) is 0 Å². The van der Waals surface area contributed by atoms with Gasteiger partial charge in [-0.2, -0.15) is 0 Å². The second-order valence-corrected chi connectivity index (χ2v) is 29.7. The van der Waals surface area contributed by atoms with Gasteiger partial charge in [-0.15, -0.1) is 0 Å². The van der Waals surface area contributed by atoms with E-state index in [4.69, 9.17) is 0 Å². The first-order valence-electron chi connectivity index (χ1n) is 40.0. The Labute approximate surface area is 678 Å². The van der Waals surface area contributed by atoms with Crippen LogP contribution in [-0.4, -0.2) is 0 Å². The highest BCUT2D eigenvalue weighted by atomic mass is 14.3. The van der Waals surface area contributed by atoms with Gasteiger partial charge in [0.05, 0.1) is 0 Å². The highest BCUT2D eigenvalue weighted by Crippen LogP contribution is 2.52. The topological polar surface area (TPSA) is 0 Å². The van der Waals surface area contributed by atoms with Gasteiger partial charge in [0.15, 0.2) is 0 Å². The van der Waals surface area contributed by atoms with E-state index in [1.165, 1.54) is 198 Å². The van der Waals surface area contributed by atoms with Gasteiger partial charge in [0.2, 0.25) is 0 Å². The maximum Gasteiger partial charge on any atom is -0.00139 e. The van der Waals surface area contributed by atoms with Crippen LogP contribution in [0.4, 0.5) is 0 Å². The van der Waals surface area contributed by atoms with Crippen LogP contribution in [0, 0.1) is 0 Å². The van der Waals surface area contributed by atoms with Crippen molar-refractivity contribution in [2.24, 2.45) is 0 Å². The Hall–Kier alpha value is -15.1. The van der Waals surface area contributed by atoms with Crippen molar-refractivity contribution < 1.29 is 0 Å². The van der Waals surface area contributed by atoms with E-state index in [-0.39, 0.29) is 0 Å². The van der Waals surface area contributed by atoms with Gasteiger partial charge >= 0.3 is 0 Å². The maximum atomic E-state index is 2.35. The third-order valence-electron chi connectivity index (χ3n) is 22.6. The maximum absolute atomic E-state index is 2.35. The lowest BCUT2D eigenvalue weighted by molar-refractivity contribution is 1.58. The van der Waals surface area contributed by atoms with E-state index in [9.17, 15) is 0 Å². The quantitative estimate of drug-likeness (QED) is 0.0668. The Bertz CT molecular complexity index is 7090. The van der Waals surface area contributed by atoms with Crippen molar-refractivity contribution in [3.63, 3.8) is 0 Å². The number of rotatable bonds is 16. The first kappa shape index (κ1) is 71.2. The van der Waals surface area contributed by atoms with Gasteiger partial charge in [-0.3, -0.25) is 0 Å². The monoisotopic (exact) mass is 1470 g/mol. The zero-order valence-electron chi connectivity index (χ0n) is 64.2. The van der Waals surface area contributed by atoms with Gasteiger partial charge in [-0.1, -0.05) is 473 Å². The van der Waals surface area contributed by atoms with Crippen molar-refractivity contribution >= 4 is 113 Å². The first-order valence-corrected chi connectivity index (χ1v) is 40.0. The molecule has 20 aromatic rings. The molecule has 20 aromatic carbocycles. The predicted molar refractivity (Wildman–Crippen MR) is 503 cm³/mol. The fraction of sp³-hybridized carbons (Fsp3) is 0. The molecule has 0 saturated carbocycles. The fourth-order valence-corrected chi connectivity index (χ4v) is 17.0. The van der Waals surface area contributed by atoms with E-state index < -0.39 is 0 Å². The van der Waals surface area contributed by atoms with Crippen molar-refractivity contribution in [2.75, 3.05) is 0 Å². The SMILES string of the molecule is C(=C\c1ccc(-c2c3ccccc3c(-c3ccc(/C=C/c4ccccc4)c4ccccc34)c3c(-c4ccccc4)cccc23)c2ccccc12)/c1ccccc1.C(=C\c1cccc(-c2ccc(-c3c4ccccc4c(-c4ccc(-c5cccc(/C=C/c6ccccc6)c5)cc4)c4c(-c5ccccc5)cccc34)cc2)c1)/c1ccccc1. The van der Waals surface area contributed by atoms with Crippen LogP contribution in [0.15, 0.2) is 437 Å². The third-order valence-corrected chi connectivity index (χ3v) is 22.6. The molecule has 0 fully saturated rings. The van der Waals surface area contributed by atoms with Crippen LogP contribution < -0.4 is 0 Å². The molecular weight excluding hydrogens is 1390 g/mol. The summed E-state index contributed by atoms with van der Waals surface area (Å²) in [7, 11) is 0. The Morgan fingerprint density at radius 1 is 0.121 bits per heavy atom. The molecule has 0 spiro atoms. The third kappa shape index (κ3) is 14.6. The molecule has 0 aliphatic carbocycles. The summed E-state index contributed by atoms with van der Waals surface area (Å²) in [4.78, 5) is 0. The van der Waals surface area contributed by atoms with Crippen LogP contribution in [0.3, 0.4) is 0 Å². The normalized spacial score (nSPS) is 11.7. The number of hydrogen-bond acceptors (Lipinski definition) is 0. The van der Waals surface area contributed by atoms with Crippen molar-refractivity contribution in [1.82, 2.24) is 0 Å². The van der Waals surface area contributed by atoms with E-state index >= 15 is 0 Å². The van der Waals surface area contributed by atoms with E-state index in [0.717, 1.165) is 0 Å². The Morgan fingerprint density at radius 2 is 0.388 bits per heavy atom.